The Bertz CT molecular complexity index is 647. The number of halogens is 1. The molecule has 0 fully saturated rings. The number of methoxy groups -OCH3 is 1. The quantitative estimate of drug-likeness (QED) is 0.481. The van der Waals surface area contributed by atoms with E-state index in [0.717, 1.165) is 18.7 Å². The summed E-state index contributed by atoms with van der Waals surface area (Å²) in [6.07, 6.45) is 0.667. The van der Waals surface area contributed by atoms with Gasteiger partial charge in [-0.3, -0.25) is 10.1 Å². The predicted octanol–water partition coefficient (Wildman–Crippen LogP) is 3.59. The van der Waals surface area contributed by atoms with E-state index in [-0.39, 0.29) is 11.4 Å². The highest BCUT2D eigenvalue weighted by Gasteiger charge is 2.17. The van der Waals surface area contributed by atoms with Crippen LogP contribution in [0.1, 0.15) is 11.1 Å². The minimum Gasteiger partial charge on any atom is -0.490 e. The van der Waals surface area contributed by atoms with Gasteiger partial charge in [0.2, 0.25) is 0 Å². The van der Waals surface area contributed by atoms with Crippen molar-refractivity contribution < 1.29 is 9.66 Å². The van der Waals surface area contributed by atoms with Gasteiger partial charge in [-0.25, -0.2) is 0 Å². The van der Waals surface area contributed by atoms with Crippen LogP contribution in [0.5, 0.6) is 5.75 Å². The second-order valence-electron chi connectivity index (χ2n) is 4.78. The number of hydrogen-bond donors (Lipinski definition) is 1. The lowest BCUT2D eigenvalue weighted by atomic mass is 10.1. The van der Waals surface area contributed by atoms with Crippen molar-refractivity contribution in [2.24, 2.45) is 0 Å². The molecule has 0 amide bonds. The summed E-state index contributed by atoms with van der Waals surface area (Å²) in [5.74, 6) is 0.229. The highest BCUT2D eigenvalue weighted by molar-refractivity contribution is 6.31. The molecule has 2 rings (SSSR count). The molecule has 0 bridgehead atoms. The lowest BCUT2D eigenvalue weighted by Crippen LogP contribution is -2.16. The molecule has 22 heavy (non-hydrogen) atoms. The van der Waals surface area contributed by atoms with Gasteiger partial charge in [-0.2, -0.15) is 0 Å². The summed E-state index contributed by atoms with van der Waals surface area (Å²) in [6, 6.07) is 13.0. The number of ether oxygens (including phenoxy) is 1. The summed E-state index contributed by atoms with van der Waals surface area (Å²) in [5.41, 5.74) is 1.91. The molecule has 0 saturated heterocycles. The Labute approximate surface area is 134 Å². The van der Waals surface area contributed by atoms with Crippen molar-refractivity contribution in [1.82, 2.24) is 5.32 Å². The minimum atomic E-state index is -0.498. The van der Waals surface area contributed by atoms with E-state index in [2.05, 4.69) is 17.4 Å². The highest BCUT2D eigenvalue weighted by atomic mass is 35.5. The van der Waals surface area contributed by atoms with Crippen LogP contribution in [-0.4, -0.2) is 18.6 Å². The number of benzene rings is 2. The summed E-state index contributed by atoms with van der Waals surface area (Å²) >= 11 is 6.11. The molecule has 0 aliphatic rings. The zero-order valence-corrected chi connectivity index (χ0v) is 13.0. The van der Waals surface area contributed by atoms with E-state index >= 15 is 0 Å². The van der Waals surface area contributed by atoms with E-state index in [9.17, 15) is 10.1 Å². The van der Waals surface area contributed by atoms with Gasteiger partial charge in [0.25, 0.3) is 0 Å². The molecule has 0 spiro atoms. The smallest absolute Gasteiger partial charge is 0.312 e. The number of rotatable bonds is 7. The van der Waals surface area contributed by atoms with Crippen LogP contribution in [-0.2, 0) is 13.0 Å². The first-order chi connectivity index (χ1) is 10.6. The van der Waals surface area contributed by atoms with Crippen molar-refractivity contribution in [3.8, 4) is 5.75 Å². The fourth-order valence-electron chi connectivity index (χ4n) is 2.13. The molecule has 0 saturated carbocycles. The van der Waals surface area contributed by atoms with Crippen LogP contribution in [0.2, 0.25) is 5.02 Å². The van der Waals surface area contributed by atoms with Gasteiger partial charge < -0.3 is 10.1 Å². The first-order valence-corrected chi connectivity index (χ1v) is 7.25. The molecular weight excluding hydrogens is 304 g/mol. The molecule has 0 atom stereocenters. The first kappa shape index (κ1) is 16.3. The Morgan fingerprint density at radius 3 is 2.64 bits per heavy atom. The minimum absolute atomic E-state index is 0.117. The van der Waals surface area contributed by atoms with Crippen molar-refractivity contribution >= 4 is 17.3 Å². The zero-order valence-electron chi connectivity index (χ0n) is 12.2. The summed E-state index contributed by atoms with van der Waals surface area (Å²) in [7, 11) is 1.41. The molecule has 0 unspecified atom stereocenters. The lowest BCUT2D eigenvalue weighted by Gasteiger charge is -2.09. The molecule has 2 aromatic carbocycles. The summed E-state index contributed by atoms with van der Waals surface area (Å²) in [6.45, 7) is 1.48. The third-order valence-electron chi connectivity index (χ3n) is 3.29. The average Bonchev–Trinajstić information content (AvgIpc) is 2.53. The lowest BCUT2D eigenvalue weighted by molar-refractivity contribution is -0.385. The maximum absolute atomic E-state index is 10.9. The Morgan fingerprint density at radius 2 is 2.00 bits per heavy atom. The van der Waals surface area contributed by atoms with Gasteiger partial charge in [-0.05, 0) is 30.2 Å². The number of nitrogens with one attached hydrogen (secondary N) is 1. The molecule has 2 aromatic rings. The Morgan fingerprint density at radius 1 is 1.27 bits per heavy atom. The monoisotopic (exact) mass is 320 g/mol. The van der Waals surface area contributed by atoms with Crippen molar-refractivity contribution in [1.29, 1.82) is 0 Å². The third kappa shape index (κ3) is 4.19. The highest BCUT2D eigenvalue weighted by Crippen LogP contribution is 2.32. The molecule has 0 aromatic heterocycles. The van der Waals surface area contributed by atoms with Gasteiger partial charge >= 0.3 is 5.69 Å². The Hall–Kier alpha value is -2.11. The fraction of sp³-hybridized carbons (Fsp3) is 0.250. The number of nitrogens with zero attached hydrogens (tertiary/aromatic N) is 1. The SMILES string of the molecule is COc1cc(CCNCc2ccccc2)c(Cl)cc1[N+](=O)[O-]. The number of hydrogen-bond acceptors (Lipinski definition) is 4. The first-order valence-electron chi connectivity index (χ1n) is 6.87. The maximum atomic E-state index is 10.9. The van der Waals surface area contributed by atoms with Crippen LogP contribution in [0, 0.1) is 10.1 Å². The van der Waals surface area contributed by atoms with Crippen LogP contribution >= 0.6 is 11.6 Å². The molecule has 5 nitrogen and oxygen atoms in total. The van der Waals surface area contributed by atoms with E-state index in [1.54, 1.807) is 6.07 Å². The second kappa shape index (κ2) is 7.77. The van der Waals surface area contributed by atoms with Gasteiger partial charge in [0.15, 0.2) is 5.75 Å². The van der Waals surface area contributed by atoms with Gasteiger partial charge in [-0.15, -0.1) is 0 Å². The predicted molar refractivity (Wildman–Crippen MR) is 86.5 cm³/mol. The van der Waals surface area contributed by atoms with Crippen LogP contribution in [0.25, 0.3) is 0 Å². The van der Waals surface area contributed by atoms with Crippen LogP contribution in [0.3, 0.4) is 0 Å². The average molecular weight is 321 g/mol. The fourth-order valence-corrected chi connectivity index (χ4v) is 2.39. The maximum Gasteiger partial charge on any atom is 0.312 e. The van der Waals surface area contributed by atoms with Crippen molar-refractivity contribution in [2.75, 3.05) is 13.7 Å². The van der Waals surface area contributed by atoms with Crippen molar-refractivity contribution in [2.45, 2.75) is 13.0 Å². The van der Waals surface area contributed by atoms with Crippen molar-refractivity contribution in [3.05, 3.63) is 68.7 Å². The Balaban J connectivity index is 1.96. The molecular formula is C16H17ClN2O3. The summed E-state index contributed by atoms with van der Waals surface area (Å²) < 4.78 is 5.06. The second-order valence-corrected chi connectivity index (χ2v) is 5.19. The van der Waals surface area contributed by atoms with E-state index in [1.165, 1.54) is 18.7 Å². The molecule has 0 heterocycles. The molecule has 0 aliphatic heterocycles. The van der Waals surface area contributed by atoms with Crippen LogP contribution < -0.4 is 10.1 Å². The van der Waals surface area contributed by atoms with Gasteiger partial charge in [0.05, 0.1) is 17.1 Å². The van der Waals surface area contributed by atoms with Gasteiger partial charge in [0, 0.05) is 12.6 Å². The zero-order chi connectivity index (χ0) is 15.9. The molecule has 1 N–H and O–H groups in total. The summed E-state index contributed by atoms with van der Waals surface area (Å²) in [5, 5.41) is 14.6. The van der Waals surface area contributed by atoms with Gasteiger partial charge in [-0.1, -0.05) is 41.9 Å². The number of nitro benzene ring substituents is 1. The van der Waals surface area contributed by atoms with Crippen LogP contribution in [0.4, 0.5) is 5.69 Å². The van der Waals surface area contributed by atoms with E-state index in [1.807, 2.05) is 18.2 Å². The summed E-state index contributed by atoms with van der Waals surface area (Å²) in [4.78, 5) is 10.4. The molecule has 116 valence electrons. The largest absolute Gasteiger partial charge is 0.490 e. The van der Waals surface area contributed by atoms with E-state index < -0.39 is 4.92 Å². The van der Waals surface area contributed by atoms with E-state index in [0.29, 0.717) is 11.4 Å². The molecule has 6 heteroatoms. The van der Waals surface area contributed by atoms with E-state index in [4.69, 9.17) is 16.3 Å². The third-order valence-corrected chi connectivity index (χ3v) is 3.64. The van der Waals surface area contributed by atoms with Gasteiger partial charge in [0.1, 0.15) is 0 Å². The normalized spacial score (nSPS) is 10.5. The molecule has 0 radical (unpaired) electrons. The van der Waals surface area contributed by atoms with Crippen LogP contribution in [0.15, 0.2) is 42.5 Å². The van der Waals surface area contributed by atoms with Crippen molar-refractivity contribution in [3.63, 3.8) is 0 Å². The topological polar surface area (TPSA) is 64.4 Å². The number of nitro groups is 1. The molecule has 0 aliphatic carbocycles. The standard InChI is InChI=1S/C16H17ClN2O3/c1-22-16-9-13(14(17)10-15(16)19(20)21)7-8-18-11-12-5-3-2-4-6-12/h2-6,9-10,18H,7-8,11H2,1H3. The Kier molecular flexibility index (Phi) is 5.75.